The Kier molecular flexibility index (Phi) is 6.28. The molecule has 0 unspecified atom stereocenters. The fraction of sp³-hybridized carbons (Fsp3) is 0.500. The van der Waals surface area contributed by atoms with Crippen molar-refractivity contribution in [1.29, 1.82) is 0 Å². The van der Waals surface area contributed by atoms with Gasteiger partial charge in [-0.3, -0.25) is 14.9 Å². The number of aryl methyl sites for hydroxylation is 1. The minimum absolute atomic E-state index is 0. The van der Waals surface area contributed by atoms with Crippen LogP contribution in [-0.2, 0) is 9.53 Å². The second-order valence-corrected chi connectivity index (χ2v) is 5.31. The van der Waals surface area contributed by atoms with Crippen molar-refractivity contribution in [3.8, 4) is 0 Å². The molecule has 1 fully saturated rings. The summed E-state index contributed by atoms with van der Waals surface area (Å²) in [5, 5.41) is 13.7. The monoisotopic (exact) mass is 329 g/mol. The lowest BCUT2D eigenvalue weighted by molar-refractivity contribution is -0.385. The number of ether oxygens (including phenoxy) is 1. The zero-order valence-electron chi connectivity index (χ0n) is 12.3. The summed E-state index contributed by atoms with van der Waals surface area (Å²) in [7, 11) is 0. The molecule has 0 saturated carbocycles. The molecule has 1 aliphatic heterocycles. The average molecular weight is 330 g/mol. The number of nitro groups is 1. The molecule has 0 bridgehead atoms. The average Bonchev–Trinajstić information content (AvgIpc) is 2.49. The molecular weight excluding hydrogens is 310 g/mol. The zero-order chi connectivity index (χ0) is 15.5. The number of carbonyl (C=O) groups is 1. The van der Waals surface area contributed by atoms with Gasteiger partial charge in [0.1, 0.15) is 0 Å². The molecule has 8 heteroatoms. The van der Waals surface area contributed by atoms with Gasteiger partial charge in [-0.1, -0.05) is 6.07 Å². The Hall–Kier alpha value is -1.70. The number of hydrogen-bond acceptors (Lipinski definition) is 5. The summed E-state index contributed by atoms with van der Waals surface area (Å²) in [4.78, 5) is 22.9. The van der Waals surface area contributed by atoms with Crippen molar-refractivity contribution < 1.29 is 14.5 Å². The molecule has 1 amide bonds. The van der Waals surface area contributed by atoms with Crippen molar-refractivity contribution in [3.63, 3.8) is 0 Å². The van der Waals surface area contributed by atoms with Crippen LogP contribution in [0.2, 0.25) is 0 Å². The van der Waals surface area contributed by atoms with Crippen molar-refractivity contribution in [1.82, 2.24) is 0 Å². The van der Waals surface area contributed by atoms with Gasteiger partial charge in [0.25, 0.3) is 5.69 Å². The Morgan fingerprint density at radius 3 is 2.64 bits per heavy atom. The topological polar surface area (TPSA) is 107 Å². The zero-order valence-corrected chi connectivity index (χ0v) is 13.1. The molecule has 7 nitrogen and oxygen atoms in total. The number of nitrogens with one attached hydrogen (secondary N) is 1. The minimum Gasteiger partial charge on any atom is -0.381 e. The third-order valence-corrected chi connectivity index (χ3v) is 3.99. The van der Waals surface area contributed by atoms with Crippen molar-refractivity contribution in [2.45, 2.75) is 19.8 Å². The van der Waals surface area contributed by atoms with E-state index in [0.717, 1.165) is 0 Å². The lowest BCUT2D eigenvalue weighted by atomic mass is 9.79. The number of nitro benzene ring substituents is 1. The van der Waals surface area contributed by atoms with Crippen molar-refractivity contribution in [3.05, 3.63) is 33.9 Å². The number of nitrogens with zero attached hydrogens (tertiary/aromatic N) is 1. The quantitative estimate of drug-likeness (QED) is 0.649. The number of rotatable bonds is 4. The standard InChI is InChI=1S/C14H19N3O4.ClH/c1-10-2-3-11(8-12(10)17(19)20)16-13(18)14(9-15)4-6-21-7-5-14;/h2-3,8H,4-7,9,15H2,1H3,(H,16,18);1H. The maximum Gasteiger partial charge on any atom is 0.274 e. The van der Waals surface area contributed by atoms with Gasteiger partial charge in [-0.15, -0.1) is 12.4 Å². The Morgan fingerprint density at radius 1 is 1.45 bits per heavy atom. The van der Waals surface area contributed by atoms with E-state index in [0.29, 0.717) is 37.3 Å². The van der Waals surface area contributed by atoms with E-state index in [1.807, 2.05) is 0 Å². The minimum atomic E-state index is -0.655. The van der Waals surface area contributed by atoms with Crippen LogP contribution in [0.3, 0.4) is 0 Å². The van der Waals surface area contributed by atoms with Crippen LogP contribution in [0.1, 0.15) is 18.4 Å². The van der Waals surface area contributed by atoms with E-state index in [-0.39, 0.29) is 30.5 Å². The van der Waals surface area contributed by atoms with E-state index >= 15 is 0 Å². The molecule has 1 aliphatic rings. The van der Waals surface area contributed by atoms with E-state index in [2.05, 4.69) is 5.32 Å². The molecule has 0 aliphatic carbocycles. The van der Waals surface area contributed by atoms with Gasteiger partial charge >= 0.3 is 0 Å². The summed E-state index contributed by atoms with van der Waals surface area (Å²) in [5.41, 5.74) is 6.07. The van der Waals surface area contributed by atoms with Gasteiger partial charge in [0.2, 0.25) is 5.91 Å². The molecule has 22 heavy (non-hydrogen) atoms. The predicted octanol–water partition coefficient (Wildman–Crippen LogP) is 2.02. The van der Waals surface area contributed by atoms with E-state index in [1.54, 1.807) is 19.1 Å². The number of halogens is 1. The molecule has 1 aromatic carbocycles. The normalized spacial score (nSPS) is 16.5. The highest BCUT2D eigenvalue weighted by atomic mass is 35.5. The van der Waals surface area contributed by atoms with E-state index < -0.39 is 10.3 Å². The van der Waals surface area contributed by atoms with Crippen LogP contribution in [0.15, 0.2) is 18.2 Å². The molecule has 1 heterocycles. The fourth-order valence-electron chi connectivity index (χ4n) is 2.43. The van der Waals surface area contributed by atoms with Crippen LogP contribution in [0.5, 0.6) is 0 Å². The first kappa shape index (κ1) is 18.3. The Morgan fingerprint density at radius 2 is 2.09 bits per heavy atom. The van der Waals surface area contributed by atoms with Gasteiger partial charge in [0, 0.05) is 37.1 Å². The number of hydrogen-bond donors (Lipinski definition) is 2. The summed E-state index contributed by atoms with van der Waals surface area (Å²) < 4.78 is 5.27. The van der Waals surface area contributed by atoms with Crippen LogP contribution in [0.4, 0.5) is 11.4 Å². The molecular formula is C14H20ClN3O4. The van der Waals surface area contributed by atoms with Gasteiger partial charge in [0.05, 0.1) is 10.3 Å². The van der Waals surface area contributed by atoms with Crippen LogP contribution in [0.25, 0.3) is 0 Å². The van der Waals surface area contributed by atoms with Crippen molar-refractivity contribution in [2.24, 2.45) is 11.1 Å². The second-order valence-electron chi connectivity index (χ2n) is 5.31. The first-order valence-corrected chi connectivity index (χ1v) is 6.83. The Balaban J connectivity index is 0.00000242. The number of carbonyl (C=O) groups excluding carboxylic acids is 1. The smallest absolute Gasteiger partial charge is 0.274 e. The van der Waals surface area contributed by atoms with Gasteiger partial charge in [-0.25, -0.2) is 0 Å². The Labute approximate surface area is 134 Å². The van der Waals surface area contributed by atoms with Gasteiger partial charge in [-0.05, 0) is 25.8 Å². The third kappa shape index (κ3) is 3.73. The maximum atomic E-state index is 12.5. The van der Waals surface area contributed by atoms with Crippen LogP contribution < -0.4 is 11.1 Å². The molecule has 0 atom stereocenters. The van der Waals surface area contributed by atoms with Crippen LogP contribution >= 0.6 is 12.4 Å². The first-order valence-electron chi connectivity index (χ1n) is 6.83. The number of anilines is 1. The highest BCUT2D eigenvalue weighted by Gasteiger charge is 2.38. The molecule has 1 aromatic rings. The summed E-state index contributed by atoms with van der Waals surface area (Å²) in [6.45, 7) is 2.89. The van der Waals surface area contributed by atoms with Gasteiger partial charge in [0.15, 0.2) is 0 Å². The van der Waals surface area contributed by atoms with Crippen LogP contribution in [0, 0.1) is 22.5 Å². The highest BCUT2D eigenvalue weighted by molar-refractivity contribution is 5.96. The maximum absolute atomic E-state index is 12.5. The first-order chi connectivity index (χ1) is 9.98. The molecule has 122 valence electrons. The summed E-state index contributed by atoms with van der Waals surface area (Å²) >= 11 is 0. The lowest BCUT2D eigenvalue weighted by Gasteiger charge is -2.34. The van der Waals surface area contributed by atoms with Gasteiger partial charge < -0.3 is 15.8 Å². The van der Waals surface area contributed by atoms with E-state index in [9.17, 15) is 14.9 Å². The third-order valence-electron chi connectivity index (χ3n) is 3.99. The molecule has 0 spiro atoms. The van der Waals surface area contributed by atoms with Crippen molar-refractivity contribution in [2.75, 3.05) is 25.1 Å². The van der Waals surface area contributed by atoms with E-state index in [4.69, 9.17) is 10.5 Å². The number of nitrogens with two attached hydrogens (primary N) is 1. The molecule has 0 radical (unpaired) electrons. The predicted molar refractivity (Wildman–Crippen MR) is 85.3 cm³/mol. The van der Waals surface area contributed by atoms with Crippen molar-refractivity contribution >= 4 is 29.7 Å². The second kappa shape index (κ2) is 7.53. The number of amides is 1. The molecule has 0 aromatic heterocycles. The lowest BCUT2D eigenvalue weighted by Crippen LogP contribution is -2.46. The highest BCUT2D eigenvalue weighted by Crippen LogP contribution is 2.31. The fourth-order valence-corrected chi connectivity index (χ4v) is 2.43. The number of benzene rings is 1. The van der Waals surface area contributed by atoms with Crippen LogP contribution in [-0.4, -0.2) is 30.6 Å². The summed E-state index contributed by atoms with van der Waals surface area (Å²) in [6.07, 6.45) is 1.12. The molecule has 2 rings (SSSR count). The molecule has 3 N–H and O–H groups in total. The largest absolute Gasteiger partial charge is 0.381 e. The summed E-state index contributed by atoms with van der Waals surface area (Å²) in [6, 6.07) is 4.65. The summed E-state index contributed by atoms with van der Waals surface area (Å²) in [5.74, 6) is -0.202. The Bertz CT molecular complexity index is 559. The van der Waals surface area contributed by atoms with E-state index in [1.165, 1.54) is 6.07 Å². The van der Waals surface area contributed by atoms with Gasteiger partial charge in [-0.2, -0.15) is 0 Å². The SMILES string of the molecule is Cc1ccc(NC(=O)C2(CN)CCOCC2)cc1[N+](=O)[O-].Cl. The molecule has 1 saturated heterocycles.